The van der Waals surface area contributed by atoms with Gasteiger partial charge in [0, 0.05) is 69.1 Å². The van der Waals surface area contributed by atoms with Crippen molar-refractivity contribution in [2.24, 2.45) is 0 Å². The van der Waals surface area contributed by atoms with Crippen LogP contribution in [0.15, 0.2) is 30.6 Å². The quantitative estimate of drug-likeness (QED) is 0.705. The average molecular weight is 393 g/mol. The molecule has 0 aromatic carbocycles. The van der Waals surface area contributed by atoms with Crippen molar-refractivity contribution in [2.75, 3.05) is 42.9 Å². The van der Waals surface area contributed by atoms with E-state index in [1.54, 1.807) is 0 Å². The van der Waals surface area contributed by atoms with Gasteiger partial charge in [-0.1, -0.05) is 0 Å². The molecule has 0 radical (unpaired) electrons. The maximum Gasteiger partial charge on any atom is 0.230 e. The molecule has 0 atom stereocenters. The van der Waals surface area contributed by atoms with Gasteiger partial charge in [-0.25, -0.2) is 9.97 Å². The standard InChI is InChI=1S/C21H28N8/c1-15(2)27-7-9-28(10-8-27)17-3-4-19(23-14-17)25-21-24-12-16-11-18-13-22-5-6-29(18)20(16)26-21/h3-4,11-12,14-15,22H,5-10,13H2,1-2H3,(H,23,24,25,26). The fourth-order valence-corrected chi connectivity index (χ4v) is 4.22. The SMILES string of the molecule is CC(C)N1CCN(c2ccc(Nc3ncc4cc5n(c4n3)CCNC5)nc2)CC1. The molecule has 1 saturated heterocycles. The Hall–Kier alpha value is -2.71. The van der Waals surface area contributed by atoms with Gasteiger partial charge in [-0.15, -0.1) is 0 Å². The molecule has 8 heteroatoms. The third kappa shape index (κ3) is 3.65. The van der Waals surface area contributed by atoms with Gasteiger partial charge >= 0.3 is 0 Å². The predicted molar refractivity (Wildman–Crippen MR) is 116 cm³/mol. The molecule has 3 aromatic heterocycles. The Morgan fingerprint density at radius 3 is 2.66 bits per heavy atom. The highest BCUT2D eigenvalue weighted by Crippen LogP contribution is 2.22. The van der Waals surface area contributed by atoms with Crippen molar-refractivity contribution in [3.63, 3.8) is 0 Å². The molecule has 5 rings (SSSR count). The van der Waals surface area contributed by atoms with Crippen LogP contribution in [0.25, 0.3) is 11.0 Å². The van der Waals surface area contributed by atoms with E-state index in [0.29, 0.717) is 12.0 Å². The molecule has 8 nitrogen and oxygen atoms in total. The van der Waals surface area contributed by atoms with Crippen LogP contribution in [-0.4, -0.2) is 63.2 Å². The molecule has 0 spiro atoms. The van der Waals surface area contributed by atoms with E-state index in [9.17, 15) is 0 Å². The minimum Gasteiger partial charge on any atom is -0.368 e. The van der Waals surface area contributed by atoms with E-state index in [2.05, 4.69) is 60.9 Å². The second kappa shape index (κ2) is 7.61. The summed E-state index contributed by atoms with van der Waals surface area (Å²) in [5, 5.41) is 7.73. The van der Waals surface area contributed by atoms with Crippen LogP contribution in [0, 0.1) is 0 Å². The van der Waals surface area contributed by atoms with Crippen molar-refractivity contribution >= 4 is 28.5 Å². The molecule has 0 saturated carbocycles. The Morgan fingerprint density at radius 2 is 1.90 bits per heavy atom. The normalized spacial score (nSPS) is 17.7. The second-order valence-electron chi connectivity index (χ2n) is 8.08. The Morgan fingerprint density at radius 1 is 1.03 bits per heavy atom. The van der Waals surface area contributed by atoms with Crippen molar-refractivity contribution in [1.29, 1.82) is 0 Å². The lowest BCUT2D eigenvalue weighted by Crippen LogP contribution is -2.48. The molecule has 5 heterocycles. The van der Waals surface area contributed by atoms with E-state index in [1.807, 2.05) is 18.5 Å². The number of nitrogens with one attached hydrogen (secondary N) is 2. The summed E-state index contributed by atoms with van der Waals surface area (Å²) in [5.74, 6) is 1.35. The minimum atomic E-state index is 0.586. The molecule has 0 amide bonds. The number of anilines is 3. The first-order chi connectivity index (χ1) is 14.2. The van der Waals surface area contributed by atoms with E-state index in [1.165, 1.54) is 11.4 Å². The van der Waals surface area contributed by atoms with Gasteiger partial charge in [0.25, 0.3) is 0 Å². The number of hydrogen-bond acceptors (Lipinski definition) is 7. The van der Waals surface area contributed by atoms with Crippen molar-refractivity contribution in [1.82, 2.24) is 29.7 Å². The van der Waals surface area contributed by atoms with Gasteiger partial charge in [-0.2, -0.15) is 4.98 Å². The van der Waals surface area contributed by atoms with Gasteiger partial charge in [-0.05, 0) is 32.0 Å². The largest absolute Gasteiger partial charge is 0.368 e. The topological polar surface area (TPSA) is 74.1 Å². The fraction of sp³-hybridized carbons (Fsp3) is 0.476. The van der Waals surface area contributed by atoms with Crippen molar-refractivity contribution in [3.05, 3.63) is 36.3 Å². The minimum absolute atomic E-state index is 0.586. The van der Waals surface area contributed by atoms with E-state index >= 15 is 0 Å². The first kappa shape index (κ1) is 18.3. The van der Waals surface area contributed by atoms with Gasteiger partial charge in [0.05, 0.1) is 11.9 Å². The first-order valence-electron chi connectivity index (χ1n) is 10.5. The number of rotatable bonds is 4. The molecule has 152 valence electrons. The highest BCUT2D eigenvalue weighted by Gasteiger charge is 2.19. The summed E-state index contributed by atoms with van der Waals surface area (Å²) in [6.07, 6.45) is 3.83. The fourth-order valence-electron chi connectivity index (χ4n) is 4.22. The summed E-state index contributed by atoms with van der Waals surface area (Å²) < 4.78 is 2.27. The Bertz CT molecular complexity index is 986. The van der Waals surface area contributed by atoms with Gasteiger partial charge < -0.3 is 20.1 Å². The van der Waals surface area contributed by atoms with Crippen LogP contribution in [0.3, 0.4) is 0 Å². The molecule has 2 aliphatic heterocycles. The summed E-state index contributed by atoms with van der Waals surface area (Å²) in [6.45, 7) is 11.6. The summed E-state index contributed by atoms with van der Waals surface area (Å²) in [5.41, 5.74) is 3.42. The number of fused-ring (bicyclic) bond motifs is 3. The van der Waals surface area contributed by atoms with Crippen molar-refractivity contribution in [3.8, 4) is 0 Å². The smallest absolute Gasteiger partial charge is 0.230 e. The van der Waals surface area contributed by atoms with E-state index < -0.39 is 0 Å². The number of piperazine rings is 1. The third-order valence-corrected chi connectivity index (χ3v) is 5.94. The molecule has 0 bridgehead atoms. The third-order valence-electron chi connectivity index (χ3n) is 5.94. The molecule has 0 aliphatic carbocycles. The highest BCUT2D eigenvalue weighted by atomic mass is 15.3. The highest BCUT2D eigenvalue weighted by molar-refractivity contribution is 5.78. The number of nitrogens with zero attached hydrogens (tertiary/aromatic N) is 6. The monoisotopic (exact) mass is 392 g/mol. The molecule has 2 N–H and O–H groups in total. The zero-order chi connectivity index (χ0) is 19.8. The lowest BCUT2D eigenvalue weighted by atomic mass is 10.2. The molecule has 1 fully saturated rings. The molecule has 0 unspecified atom stereocenters. The number of hydrogen-bond donors (Lipinski definition) is 2. The van der Waals surface area contributed by atoms with Gasteiger partial charge in [0.2, 0.25) is 5.95 Å². The predicted octanol–water partition coefficient (Wildman–Crippen LogP) is 2.20. The molecule has 3 aromatic rings. The average Bonchev–Trinajstić information content (AvgIpc) is 3.12. The van der Waals surface area contributed by atoms with Crippen molar-refractivity contribution < 1.29 is 0 Å². The lowest BCUT2D eigenvalue weighted by molar-refractivity contribution is 0.209. The summed E-state index contributed by atoms with van der Waals surface area (Å²) in [4.78, 5) is 18.7. The summed E-state index contributed by atoms with van der Waals surface area (Å²) in [7, 11) is 0. The zero-order valence-electron chi connectivity index (χ0n) is 17.1. The van der Waals surface area contributed by atoms with Crippen LogP contribution >= 0.6 is 0 Å². The Labute approximate surface area is 171 Å². The van der Waals surface area contributed by atoms with Gasteiger partial charge in [0.15, 0.2) is 0 Å². The maximum absolute atomic E-state index is 4.74. The van der Waals surface area contributed by atoms with E-state index in [0.717, 1.165) is 62.7 Å². The van der Waals surface area contributed by atoms with Crippen molar-refractivity contribution in [2.45, 2.75) is 33.0 Å². The number of aromatic nitrogens is 4. The molecular weight excluding hydrogens is 364 g/mol. The van der Waals surface area contributed by atoms with Crippen LogP contribution in [0.2, 0.25) is 0 Å². The summed E-state index contributed by atoms with van der Waals surface area (Å²) >= 11 is 0. The van der Waals surface area contributed by atoms with Crippen LogP contribution in [-0.2, 0) is 13.1 Å². The first-order valence-corrected chi connectivity index (χ1v) is 10.5. The Balaban J connectivity index is 1.29. The molecule has 29 heavy (non-hydrogen) atoms. The molecular formula is C21H28N8. The Kier molecular flexibility index (Phi) is 4.81. The van der Waals surface area contributed by atoms with E-state index in [-0.39, 0.29) is 0 Å². The van der Waals surface area contributed by atoms with Crippen LogP contribution < -0.4 is 15.5 Å². The van der Waals surface area contributed by atoms with Gasteiger partial charge in [0.1, 0.15) is 11.5 Å². The zero-order valence-corrected chi connectivity index (χ0v) is 17.1. The van der Waals surface area contributed by atoms with Crippen LogP contribution in [0.5, 0.6) is 0 Å². The number of pyridine rings is 1. The van der Waals surface area contributed by atoms with Crippen LogP contribution in [0.1, 0.15) is 19.5 Å². The molecule has 2 aliphatic rings. The second-order valence-corrected chi connectivity index (χ2v) is 8.08. The summed E-state index contributed by atoms with van der Waals surface area (Å²) in [6, 6.07) is 6.91. The van der Waals surface area contributed by atoms with Crippen LogP contribution in [0.4, 0.5) is 17.5 Å². The maximum atomic E-state index is 4.74. The van der Waals surface area contributed by atoms with E-state index in [4.69, 9.17) is 4.98 Å². The van der Waals surface area contributed by atoms with Gasteiger partial charge in [-0.3, -0.25) is 4.90 Å². The lowest BCUT2D eigenvalue weighted by Gasteiger charge is -2.38.